The number of esters is 1. The van der Waals surface area contributed by atoms with E-state index in [1.165, 1.54) is 24.4 Å². The number of ether oxygens (including phenoxy) is 1. The molecule has 0 saturated carbocycles. The molecule has 0 spiro atoms. The largest absolute Gasteiger partial charge is 0.452 e. The summed E-state index contributed by atoms with van der Waals surface area (Å²) in [6.45, 7) is 1.67. The molecule has 9 nitrogen and oxygen atoms in total. The number of nitrogens with zero attached hydrogens (tertiary/aromatic N) is 2. The zero-order chi connectivity index (χ0) is 24.0. The fourth-order valence-corrected chi connectivity index (χ4v) is 3.08. The fourth-order valence-electron chi connectivity index (χ4n) is 2.82. The van der Waals surface area contributed by atoms with Gasteiger partial charge in [-0.05, 0) is 37.3 Å². The number of rotatable bonds is 7. The minimum absolute atomic E-state index is 0.00322. The van der Waals surface area contributed by atoms with E-state index in [2.05, 4.69) is 15.7 Å². The predicted octanol–water partition coefficient (Wildman–Crippen LogP) is 3.08. The molecule has 2 amide bonds. The smallest absolute Gasteiger partial charge is 0.340 e. The van der Waals surface area contributed by atoms with Gasteiger partial charge in [-0.3, -0.25) is 14.4 Å². The number of carbonyl (C=O) groups is 3. The van der Waals surface area contributed by atoms with E-state index in [1.807, 2.05) is 0 Å². The van der Waals surface area contributed by atoms with Crippen LogP contribution in [0.5, 0.6) is 0 Å². The maximum atomic E-state index is 12.6. The van der Waals surface area contributed by atoms with Crippen molar-refractivity contribution in [2.45, 2.75) is 6.92 Å². The van der Waals surface area contributed by atoms with Crippen LogP contribution in [-0.2, 0) is 9.53 Å². The first kappa shape index (κ1) is 24.0. The number of hydrogen-bond acceptors (Lipinski definition) is 6. The highest BCUT2D eigenvalue weighted by atomic mass is 35.5. The Labute approximate surface area is 198 Å². The van der Waals surface area contributed by atoms with Crippen molar-refractivity contribution in [3.63, 3.8) is 0 Å². The topological polar surface area (TPSA) is 119 Å². The average molecular weight is 489 g/mol. The molecule has 33 heavy (non-hydrogen) atoms. The van der Waals surface area contributed by atoms with Crippen LogP contribution in [0.15, 0.2) is 59.5 Å². The molecular formula is C22H18Cl2N4O5. The molecular weight excluding hydrogens is 471 g/mol. The van der Waals surface area contributed by atoms with E-state index in [0.29, 0.717) is 17.8 Å². The van der Waals surface area contributed by atoms with Gasteiger partial charge in [0, 0.05) is 17.8 Å². The van der Waals surface area contributed by atoms with Gasteiger partial charge >= 0.3 is 5.97 Å². The van der Waals surface area contributed by atoms with Gasteiger partial charge in [0.15, 0.2) is 6.61 Å². The molecule has 1 heterocycles. The van der Waals surface area contributed by atoms with E-state index in [9.17, 15) is 19.2 Å². The Morgan fingerprint density at radius 2 is 1.85 bits per heavy atom. The number of amides is 2. The average Bonchev–Trinajstić information content (AvgIpc) is 2.81. The van der Waals surface area contributed by atoms with Gasteiger partial charge in [0.25, 0.3) is 17.4 Å². The van der Waals surface area contributed by atoms with Gasteiger partial charge in [-0.1, -0.05) is 41.4 Å². The van der Waals surface area contributed by atoms with Crippen molar-refractivity contribution in [2.24, 2.45) is 0 Å². The van der Waals surface area contributed by atoms with E-state index in [0.717, 1.165) is 4.68 Å². The zero-order valence-electron chi connectivity index (χ0n) is 17.3. The molecule has 3 aromatic rings. The number of nitrogens with one attached hydrogen (secondary N) is 2. The van der Waals surface area contributed by atoms with Crippen molar-refractivity contribution in [2.75, 3.05) is 18.5 Å². The number of anilines is 1. The Hall–Kier alpha value is -3.69. The quantitative estimate of drug-likeness (QED) is 0.493. The molecule has 1 aromatic heterocycles. The Kier molecular flexibility index (Phi) is 7.81. The van der Waals surface area contributed by atoms with Crippen LogP contribution < -0.4 is 16.2 Å². The van der Waals surface area contributed by atoms with E-state index in [-0.39, 0.29) is 27.2 Å². The lowest BCUT2D eigenvalue weighted by Gasteiger charge is -2.11. The van der Waals surface area contributed by atoms with E-state index in [4.69, 9.17) is 27.9 Å². The molecule has 0 bridgehead atoms. The van der Waals surface area contributed by atoms with Crippen LogP contribution >= 0.6 is 23.2 Å². The molecule has 0 aliphatic carbocycles. The standard InChI is InChI=1S/C22H18Cl2N4O5/c1-2-25-20(30)13-6-5-7-14(10-13)27-18(29)12-33-22(32)15-8-3-4-9-17(15)28-21(31)19(24)16(23)11-26-28/h3-11H,2,12H2,1H3,(H,25,30)(H,27,29). The number of para-hydroxylation sites is 1. The Morgan fingerprint density at radius 3 is 2.61 bits per heavy atom. The van der Waals surface area contributed by atoms with Gasteiger partial charge in [0.05, 0.1) is 22.5 Å². The van der Waals surface area contributed by atoms with E-state index in [1.54, 1.807) is 37.3 Å². The molecule has 0 aliphatic heterocycles. The third-order valence-electron chi connectivity index (χ3n) is 4.31. The molecule has 11 heteroatoms. The summed E-state index contributed by atoms with van der Waals surface area (Å²) < 4.78 is 6.02. The lowest BCUT2D eigenvalue weighted by atomic mass is 10.2. The van der Waals surface area contributed by atoms with Crippen molar-refractivity contribution in [3.8, 4) is 5.69 Å². The number of aromatic nitrogens is 2. The second kappa shape index (κ2) is 10.8. The summed E-state index contributed by atoms with van der Waals surface area (Å²) in [4.78, 5) is 49.2. The SMILES string of the molecule is CCNC(=O)c1cccc(NC(=O)COC(=O)c2ccccc2-n2ncc(Cl)c(Cl)c2=O)c1. The summed E-state index contributed by atoms with van der Waals surface area (Å²) in [5.41, 5.74) is 0.138. The van der Waals surface area contributed by atoms with Crippen molar-refractivity contribution >= 4 is 46.7 Å². The van der Waals surface area contributed by atoms with Crippen LogP contribution in [-0.4, -0.2) is 40.7 Å². The zero-order valence-corrected chi connectivity index (χ0v) is 18.8. The Bertz CT molecular complexity index is 1280. The summed E-state index contributed by atoms with van der Waals surface area (Å²) in [7, 11) is 0. The number of carbonyl (C=O) groups excluding carboxylic acids is 3. The summed E-state index contributed by atoms with van der Waals surface area (Å²) in [6.07, 6.45) is 1.18. The normalized spacial score (nSPS) is 10.4. The van der Waals surface area contributed by atoms with Crippen LogP contribution in [0.1, 0.15) is 27.6 Å². The van der Waals surface area contributed by atoms with Gasteiger partial charge in [-0.25, -0.2) is 4.79 Å². The van der Waals surface area contributed by atoms with E-state index < -0.39 is 24.0 Å². The first-order valence-electron chi connectivity index (χ1n) is 9.69. The number of halogens is 2. The summed E-state index contributed by atoms with van der Waals surface area (Å²) in [5, 5.41) is 8.86. The van der Waals surface area contributed by atoms with Gasteiger partial charge < -0.3 is 15.4 Å². The van der Waals surface area contributed by atoms with Crippen LogP contribution in [0.4, 0.5) is 5.69 Å². The molecule has 0 fully saturated rings. The monoisotopic (exact) mass is 488 g/mol. The maximum Gasteiger partial charge on any atom is 0.340 e. The van der Waals surface area contributed by atoms with Gasteiger partial charge in [-0.2, -0.15) is 9.78 Å². The second-order valence-corrected chi connectivity index (χ2v) is 7.39. The number of benzene rings is 2. The summed E-state index contributed by atoms with van der Waals surface area (Å²) in [5.74, 6) is -1.74. The maximum absolute atomic E-state index is 12.6. The first-order valence-corrected chi connectivity index (χ1v) is 10.5. The van der Waals surface area contributed by atoms with Crippen molar-refractivity contribution in [3.05, 3.63) is 86.3 Å². The summed E-state index contributed by atoms with van der Waals surface area (Å²) >= 11 is 11.7. The molecule has 0 radical (unpaired) electrons. The van der Waals surface area contributed by atoms with Crippen molar-refractivity contribution in [1.82, 2.24) is 15.1 Å². The Balaban J connectivity index is 1.71. The van der Waals surface area contributed by atoms with Gasteiger partial charge in [0.1, 0.15) is 5.02 Å². The highest BCUT2D eigenvalue weighted by molar-refractivity contribution is 6.41. The second-order valence-electron chi connectivity index (χ2n) is 6.61. The van der Waals surface area contributed by atoms with Crippen LogP contribution in [0.3, 0.4) is 0 Å². The molecule has 0 saturated heterocycles. The minimum atomic E-state index is -0.850. The third kappa shape index (κ3) is 5.76. The van der Waals surface area contributed by atoms with Crippen molar-refractivity contribution < 1.29 is 19.1 Å². The fraction of sp³-hybridized carbons (Fsp3) is 0.136. The minimum Gasteiger partial charge on any atom is -0.452 e. The highest BCUT2D eigenvalue weighted by Crippen LogP contribution is 2.18. The first-order chi connectivity index (χ1) is 15.8. The Morgan fingerprint density at radius 1 is 1.09 bits per heavy atom. The van der Waals surface area contributed by atoms with Crippen LogP contribution in [0.25, 0.3) is 5.69 Å². The van der Waals surface area contributed by atoms with E-state index >= 15 is 0 Å². The number of hydrogen-bond donors (Lipinski definition) is 2. The van der Waals surface area contributed by atoms with Crippen molar-refractivity contribution in [1.29, 1.82) is 0 Å². The van der Waals surface area contributed by atoms with Crippen LogP contribution in [0, 0.1) is 0 Å². The predicted molar refractivity (Wildman–Crippen MR) is 123 cm³/mol. The molecule has 3 rings (SSSR count). The molecule has 2 aromatic carbocycles. The van der Waals surface area contributed by atoms with Crippen LogP contribution in [0.2, 0.25) is 10.0 Å². The molecule has 0 aliphatic rings. The lowest BCUT2D eigenvalue weighted by molar-refractivity contribution is -0.119. The highest BCUT2D eigenvalue weighted by Gasteiger charge is 2.18. The third-order valence-corrected chi connectivity index (χ3v) is 5.06. The van der Waals surface area contributed by atoms with Gasteiger partial charge in [0.2, 0.25) is 0 Å². The molecule has 2 N–H and O–H groups in total. The molecule has 0 atom stereocenters. The van der Waals surface area contributed by atoms with Gasteiger partial charge in [-0.15, -0.1) is 0 Å². The lowest BCUT2D eigenvalue weighted by Crippen LogP contribution is -2.25. The molecule has 170 valence electrons. The summed E-state index contributed by atoms with van der Waals surface area (Å²) in [6, 6.07) is 12.4. The molecule has 0 unspecified atom stereocenters.